The van der Waals surface area contributed by atoms with Gasteiger partial charge in [0.1, 0.15) is 25.4 Å². The SMILES string of the molecule is CC(=O)OC(CCO)COC(=O)c1ccc(C(=O)OCC(CCO)OC(C)=O)cc1. The van der Waals surface area contributed by atoms with Crippen LogP contribution < -0.4 is 0 Å². The largest absolute Gasteiger partial charge is 0.459 e. The number of aliphatic hydroxyl groups excluding tert-OH is 2. The Bertz CT molecular complexity index is 652. The van der Waals surface area contributed by atoms with E-state index in [-0.39, 0.29) is 50.4 Å². The van der Waals surface area contributed by atoms with Crippen molar-refractivity contribution in [2.24, 2.45) is 0 Å². The Kier molecular flexibility index (Phi) is 11.1. The van der Waals surface area contributed by atoms with Crippen LogP contribution in [0.15, 0.2) is 24.3 Å². The lowest BCUT2D eigenvalue weighted by Crippen LogP contribution is -2.25. The van der Waals surface area contributed by atoms with E-state index in [1.165, 1.54) is 38.1 Å². The standard InChI is InChI=1S/C20H26O10/c1-13(23)29-17(7-9-21)11-27-19(25)15-3-5-16(6-4-15)20(26)28-12-18(8-10-22)30-14(2)24/h3-6,17-18,21-22H,7-12H2,1-2H3. The Balaban J connectivity index is 2.60. The molecule has 0 amide bonds. The van der Waals surface area contributed by atoms with Crippen LogP contribution in [0.25, 0.3) is 0 Å². The van der Waals surface area contributed by atoms with E-state index in [0.717, 1.165) is 0 Å². The fraction of sp³-hybridized carbons (Fsp3) is 0.500. The second kappa shape index (κ2) is 13.3. The Morgan fingerprint density at radius 2 is 1.07 bits per heavy atom. The summed E-state index contributed by atoms with van der Waals surface area (Å²) in [6.45, 7) is 1.52. The van der Waals surface area contributed by atoms with Gasteiger partial charge in [0.2, 0.25) is 0 Å². The first kappa shape index (κ1) is 25.1. The van der Waals surface area contributed by atoms with Crippen LogP contribution in [-0.4, -0.2) is 72.7 Å². The molecule has 0 aliphatic rings. The normalized spacial score (nSPS) is 12.4. The summed E-state index contributed by atoms with van der Waals surface area (Å²) in [5.41, 5.74) is 0.324. The Hall–Kier alpha value is -2.98. The van der Waals surface area contributed by atoms with Gasteiger partial charge in [-0.05, 0) is 24.3 Å². The summed E-state index contributed by atoms with van der Waals surface area (Å²) in [7, 11) is 0. The molecule has 1 aromatic carbocycles. The van der Waals surface area contributed by atoms with Gasteiger partial charge in [-0.3, -0.25) is 9.59 Å². The third-order valence-corrected chi connectivity index (χ3v) is 3.72. The van der Waals surface area contributed by atoms with E-state index in [2.05, 4.69) is 0 Å². The van der Waals surface area contributed by atoms with Crippen LogP contribution in [0.1, 0.15) is 47.4 Å². The van der Waals surface area contributed by atoms with E-state index in [0.29, 0.717) is 0 Å². The predicted octanol–water partition coefficient (Wildman–Crippen LogP) is 0.628. The quantitative estimate of drug-likeness (QED) is 0.360. The average molecular weight is 426 g/mol. The molecule has 1 rings (SSSR count). The van der Waals surface area contributed by atoms with Crippen molar-refractivity contribution in [3.8, 4) is 0 Å². The van der Waals surface area contributed by atoms with Crippen molar-refractivity contribution in [3.63, 3.8) is 0 Å². The number of hydrogen-bond acceptors (Lipinski definition) is 10. The van der Waals surface area contributed by atoms with Crippen molar-refractivity contribution in [2.45, 2.75) is 38.9 Å². The van der Waals surface area contributed by atoms with Crippen molar-refractivity contribution in [2.75, 3.05) is 26.4 Å². The summed E-state index contributed by atoms with van der Waals surface area (Å²) in [6, 6.07) is 5.46. The summed E-state index contributed by atoms with van der Waals surface area (Å²) in [4.78, 5) is 46.2. The van der Waals surface area contributed by atoms with Crippen LogP contribution in [0.4, 0.5) is 0 Å². The van der Waals surface area contributed by atoms with Gasteiger partial charge in [-0.1, -0.05) is 0 Å². The molecule has 166 valence electrons. The zero-order chi connectivity index (χ0) is 22.5. The third kappa shape index (κ3) is 9.48. The molecule has 0 aliphatic heterocycles. The molecule has 0 spiro atoms. The fourth-order valence-corrected chi connectivity index (χ4v) is 2.36. The van der Waals surface area contributed by atoms with Gasteiger partial charge in [0.25, 0.3) is 0 Å². The number of esters is 4. The molecule has 0 heterocycles. The smallest absolute Gasteiger partial charge is 0.338 e. The highest BCUT2D eigenvalue weighted by Gasteiger charge is 2.18. The van der Waals surface area contributed by atoms with Crippen molar-refractivity contribution in [1.29, 1.82) is 0 Å². The summed E-state index contributed by atoms with van der Waals surface area (Å²) >= 11 is 0. The molecule has 10 heteroatoms. The zero-order valence-electron chi connectivity index (χ0n) is 16.9. The lowest BCUT2D eigenvalue weighted by molar-refractivity contribution is -0.150. The van der Waals surface area contributed by atoms with Crippen LogP contribution in [-0.2, 0) is 28.5 Å². The summed E-state index contributed by atoms with van der Waals surface area (Å²) < 4.78 is 20.0. The summed E-state index contributed by atoms with van der Waals surface area (Å²) in [6.07, 6.45) is -1.26. The molecule has 1 aromatic rings. The maximum Gasteiger partial charge on any atom is 0.338 e. The zero-order valence-corrected chi connectivity index (χ0v) is 16.9. The first-order valence-electron chi connectivity index (χ1n) is 9.27. The van der Waals surface area contributed by atoms with Crippen molar-refractivity contribution >= 4 is 23.9 Å². The van der Waals surface area contributed by atoms with Gasteiger partial charge in [-0.25, -0.2) is 9.59 Å². The van der Waals surface area contributed by atoms with Crippen LogP contribution in [0.5, 0.6) is 0 Å². The Morgan fingerprint density at radius 1 is 0.733 bits per heavy atom. The molecule has 0 saturated heterocycles. The highest BCUT2D eigenvalue weighted by molar-refractivity contribution is 5.93. The van der Waals surface area contributed by atoms with Gasteiger partial charge in [0.15, 0.2) is 0 Å². The number of rotatable bonds is 12. The van der Waals surface area contributed by atoms with Gasteiger partial charge in [0, 0.05) is 39.9 Å². The summed E-state index contributed by atoms with van der Waals surface area (Å²) in [5.74, 6) is -2.49. The van der Waals surface area contributed by atoms with Crippen LogP contribution in [0.2, 0.25) is 0 Å². The fourth-order valence-electron chi connectivity index (χ4n) is 2.36. The third-order valence-electron chi connectivity index (χ3n) is 3.72. The number of aliphatic hydroxyl groups is 2. The van der Waals surface area contributed by atoms with Gasteiger partial charge in [-0.15, -0.1) is 0 Å². The molecule has 2 atom stereocenters. The minimum atomic E-state index is -0.755. The topological polar surface area (TPSA) is 146 Å². The second-order valence-corrected chi connectivity index (χ2v) is 6.26. The number of ether oxygens (including phenoxy) is 4. The van der Waals surface area contributed by atoms with Gasteiger partial charge in [0.05, 0.1) is 11.1 Å². The molecule has 10 nitrogen and oxygen atoms in total. The molecule has 30 heavy (non-hydrogen) atoms. The number of benzene rings is 1. The highest BCUT2D eigenvalue weighted by atomic mass is 16.6. The molecule has 0 fully saturated rings. The Morgan fingerprint density at radius 3 is 1.33 bits per heavy atom. The summed E-state index contributed by atoms with van der Waals surface area (Å²) in [5, 5.41) is 17.9. The first-order chi connectivity index (χ1) is 14.3. The van der Waals surface area contributed by atoms with E-state index < -0.39 is 36.1 Å². The van der Waals surface area contributed by atoms with Crippen molar-refractivity contribution < 1.29 is 48.3 Å². The lowest BCUT2D eigenvalue weighted by atomic mass is 10.1. The minimum absolute atomic E-state index is 0.127. The van der Waals surface area contributed by atoms with Crippen LogP contribution in [0, 0.1) is 0 Å². The van der Waals surface area contributed by atoms with E-state index in [9.17, 15) is 19.2 Å². The molecule has 0 bridgehead atoms. The van der Waals surface area contributed by atoms with E-state index in [4.69, 9.17) is 29.2 Å². The minimum Gasteiger partial charge on any atom is -0.459 e. The molecular formula is C20H26O10. The number of carbonyl (C=O) groups excluding carboxylic acids is 4. The highest BCUT2D eigenvalue weighted by Crippen LogP contribution is 2.10. The molecule has 0 saturated carbocycles. The molecule has 2 N–H and O–H groups in total. The molecule has 2 unspecified atom stereocenters. The van der Waals surface area contributed by atoms with Gasteiger partial charge in [-0.2, -0.15) is 0 Å². The van der Waals surface area contributed by atoms with Gasteiger partial charge < -0.3 is 29.2 Å². The maximum atomic E-state index is 12.1. The van der Waals surface area contributed by atoms with Gasteiger partial charge >= 0.3 is 23.9 Å². The molecule has 0 radical (unpaired) electrons. The predicted molar refractivity (Wildman–Crippen MR) is 102 cm³/mol. The first-order valence-corrected chi connectivity index (χ1v) is 9.27. The average Bonchev–Trinajstić information content (AvgIpc) is 2.69. The van der Waals surface area contributed by atoms with Crippen LogP contribution in [0.3, 0.4) is 0 Å². The molecule has 0 aliphatic carbocycles. The Labute approximate surface area is 173 Å². The number of carbonyl (C=O) groups is 4. The van der Waals surface area contributed by atoms with Crippen molar-refractivity contribution in [3.05, 3.63) is 35.4 Å². The maximum absolute atomic E-state index is 12.1. The van der Waals surface area contributed by atoms with E-state index in [1.807, 2.05) is 0 Å². The number of hydrogen-bond donors (Lipinski definition) is 2. The molecule has 0 aromatic heterocycles. The monoisotopic (exact) mass is 426 g/mol. The lowest BCUT2D eigenvalue weighted by Gasteiger charge is -2.16. The molecular weight excluding hydrogens is 400 g/mol. The second-order valence-electron chi connectivity index (χ2n) is 6.26. The van der Waals surface area contributed by atoms with Crippen molar-refractivity contribution in [1.82, 2.24) is 0 Å². The van der Waals surface area contributed by atoms with E-state index >= 15 is 0 Å². The van der Waals surface area contributed by atoms with E-state index in [1.54, 1.807) is 0 Å². The van der Waals surface area contributed by atoms with Crippen LogP contribution >= 0.6 is 0 Å².